The topological polar surface area (TPSA) is 114 Å². The van der Waals surface area contributed by atoms with Gasteiger partial charge in [-0.2, -0.15) is 0 Å². The molecule has 0 radical (unpaired) electrons. The minimum Gasteiger partial charge on any atom is -0.550 e. The fourth-order valence-corrected chi connectivity index (χ4v) is 4.34. The third-order valence-electron chi connectivity index (χ3n) is 6.80. The Kier molecular flexibility index (Phi) is 15.0. The monoisotopic (exact) mass is 602 g/mol. The number of benzene rings is 4. The van der Waals surface area contributed by atoms with Crippen LogP contribution in [0.3, 0.4) is 0 Å². The molecule has 0 aliphatic carbocycles. The fourth-order valence-electron chi connectivity index (χ4n) is 4.34. The summed E-state index contributed by atoms with van der Waals surface area (Å²) in [6.07, 6.45) is 0.547. The summed E-state index contributed by atoms with van der Waals surface area (Å²) in [5.74, 6) is -3.99. The van der Waals surface area contributed by atoms with E-state index in [4.69, 9.17) is 0 Å². The summed E-state index contributed by atoms with van der Waals surface area (Å²) in [5.41, 5.74) is 6.22. The van der Waals surface area contributed by atoms with Crippen LogP contribution in [0.2, 0.25) is 0 Å². The molecular weight excluding hydrogens is 568 g/mol. The van der Waals surface area contributed by atoms with E-state index in [1.54, 1.807) is 0 Å². The Balaban J connectivity index is 0.000000293. The number of Topliss-reactive ketones (excluding diaryl/α,β-unsaturated/α-hetero) is 2. The molecule has 2 atom stereocenters. The number of hydrogen-bond donors (Lipinski definition) is 0. The fraction of sp³-hybridized carbons (Fsp3) is 0.222. The predicted molar refractivity (Wildman–Crippen MR) is 165 cm³/mol. The molecule has 6 nitrogen and oxygen atoms in total. The second-order valence-corrected chi connectivity index (χ2v) is 10.4. The van der Waals surface area contributed by atoms with Crippen LogP contribution in [0.15, 0.2) is 109 Å². The van der Waals surface area contributed by atoms with Crippen LogP contribution in [0.1, 0.15) is 37.8 Å². The summed E-state index contributed by atoms with van der Waals surface area (Å²) in [5, 5.41) is 21.3. The van der Waals surface area contributed by atoms with Crippen molar-refractivity contribution >= 4 is 61.2 Å². The Morgan fingerprint density at radius 2 is 0.767 bits per heavy atom. The number of rotatable bonds is 12. The van der Waals surface area contributed by atoms with Crippen LogP contribution in [0.4, 0.5) is 0 Å². The average molecular weight is 603 g/mol. The first-order valence-electron chi connectivity index (χ1n) is 13.9. The zero-order chi connectivity index (χ0) is 30.5. The van der Waals surface area contributed by atoms with E-state index in [9.17, 15) is 29.4 Å². The maximum absolute atomic E-state index is 11.8. The molecule has 0 bridgehead atoms. The molecule has 0 fully saturated rings. The summed E-state index contributed by atoms with van der Waals surface area (Å²) in [4.78, 5) is 44.8. The van der Waals surface area contributed by atoms with E-state index < -0.39 is 23.8 Å². The number of aliphatic carboxylic acids is 2. The Bertz CT molecular complexity index is 1350. The third kappa shape index (κ3) is 12.3. The van der Waals surface area contributed by atoms with Crippen LogP contribution in [-0.2, 0) is 32.0 Å². The summed E-state index contributed by atoms with van der Waals surface area (Å²) in [6.45, 7) is 2.98. The van der Waals surface area contributed by atoms with Gasteiger partial charge in [0.1, 0.15) is 11.6 Å². The van der Waals surface area contributed by atoms with Gasteiger partial charge in [-0.15, -0.1) is 0 Å². The summed E-state index contributed by atoms with van der Waals surface area (Å²) >= 11 is 0. The molecular formula is C36H34CaO6. The maximum atomic E-state index is 11.8. The van der Waals surface area contributed by atoms with E-state index in [0.717, 1.165) is 33.4 Å². The second kappa shape index (κ2) is 18.2. The Morgan fingerprint density at radius 1 is 0.488 bits per heavy atom. The molecule has 0 heterocycles. The molecule has 0 saturated heterocycles. The summed E-state index contributed by atoms with van der Waals surface area (Å²) < 4.78 is 0. The van der Waals surface area contributed by atoms with Crippen molar-refractivity contribution in [2.24, 2.45) is 11.8 Å². The molecule has 0 aromatic heterocycles. The second-order valence-electron chi connectivity index (χ2n) is 10.4. The van der Waals surface area contributed by atoms with Crippen LogP contribution < -0.4 is 10.2 Å². The first-order valence-corrected chi connectivity index (χ1v) is 13.9. The minimum atomic E-state index is -1.18. The minimum absolute atomic E-state index is 0. The summed E-state index contributed by atoms with van der Waals surface area (Å²) in [7, 11) is 0. The molecule has 0 spiro atoms. The van der Waals surface area contributed by atoms with Crippen LogP contribution in [0.25, 0.3) is 22.3 Å². The molecule has 0 aliphatic heterocycles. The van der Waals surface area contributed by atoms with Gasteiger partial charge >= 0.3 is 37.7 Å². The predicted octanol–water partition coefficient (Wildman–Crippen LogP) is 4.10. The molecule has 2 unspecified atom stereocenters. The van der Waals surface area contributed by atoms with Gasteiger partial charge in [0.2, 0.25) is 0 Å². The van der Waals surface area contributed by atoms with Gasteiger partial charge < -0.3 is 19.8 Å². The van der Waals surface area contributed by atoms with Crippen LogP contribution in [-0.4, -0.2) is 61.2 Å². The van der Waals surface area contributed by atoms with Gasteiger partial charge in [-0.05, 0) is 33.4 Å². The number of carbonyl (C=O) groups is 4. The van der Waals surface area contributed by atoms with Gasteiger partial charge in [0.25, 0.3) is 0 Å². The van der Waals surface area contributed by atoms with Gasteiger partial charge in [-0.3, -0.25) is 9.59 Å². The first kappa shape index (κ1) is 35.6. The Hall–Kier alpha value is -3.58. The number of ketones is 2. The maximum Gasteiger partial charge on any atom is 2.00 e. The van der Waals surface area contributed by atoms with Crippen LogP contribution in [0, 0.1) is 11.8 Å². The zero-order valence-corrected chi connectivity index (χ0v) is 26.7. The average Bonchev–Trinajstić information content (AvgIpc) is 2.99. The van der Waals surface area contributed by atoms with Gasteiger partial charge in [0.05, 0.1) is 0 Å². The third-order valence-corrected chi connectivity index (χ3v) is 6.80. The van der Waals surface area contributed by atoms with E-state index in [1.165, 1.54) is 13.8 Å². The van der Waals surface area contributed by atoms with Crippen molar-refractivity contribution in [1.29, 1.82) is 0 Å². The molecule has 0 N–H and O–H groups in total. The number of carboxylic acids is 2. The Morgan fingerprint density at radius 3 is 1.05 bits per heavy atom. The van der Waals surface area contributed by atoms with Crippen molar-refractivity contribution in [3.63, 3.8) is 0 Å². The normalized spacial score (nSPS) is 11.6. The molecule has 0 amide bonds. The zero-order valence-electron chi connectivity index (χ0n) is 24.5. The van der Waals surface area contributed by atoms with E-state index in [-0.39, 0.29) is 75.0 Å². The van der Waals surface area contributed by atoms with Crippen molar-refractivity contribution < 1.29 is 29.4 Å². The van der Waals surface area contributed by atoms with Gasteiger partial charge in [-0.1, -0.05) is 123 Å². The standard InChI is InChI=1S/2C18H18O3.Ca/c2*1-13(18(20)21)11-17(19)12-14-7-9-16(10-8-14)15-5-3-2-4-6-15;/h2*2-10,13H,11-12H2,1H3,(H,20,21);/q;;+2/p-2. The van der Waals surface area contributed by atoms with E-state index in [2.05, 4.69) is 0 Å². The van der Waals surface area contributed by atoms with Gasteiger partial charge in [0, 0.05) is 49.5 Å². The molecule has 4 rings (SSSR count). The Labute approximate surface area is 282 Å². The van der Waals surface area contributed by atoms with Gasteiger partial charge in [-0.25, -0.2) is 0 Å². The molecule has 4 aromatic rings. The van der Waals surface area contributed by atoms with E-state index in [0.29, 0.717) is 0 Å². The number of carboxylic acid groups (broad SMARTS) is 2. The molecule has 43 heavy (non-hydrogen) atoms. The SMILES string of the molecule is CC(CC(=O)Cc1ccc(-c2ccccc2)cc1)C(=O)[O-].CC(CC(=O)Cc1ccc(-c2ccccc2)cc1)C(=O)[O-].[Ca+2]. The van der Waals surface area contributed by atoms with E-state index >= 15 is 0 Å². The largest absolute Gasteiger partial charge is 2.00 e. The van der Waals surface area contributed by atoms with E-state index in [1.807, 2.05) is 109 Å². The van der Waals surface area contributed by atoms with Crippen molar-refractivity contribution in [2.45, 2.75) is 39.5 Å². The number of carbonyl (C=O) groups excluding carboxylic acids is 4. The van der Waals surface area contributed by atoms with Crippen LogP contribution in [0.5, 0.6) is 0 Å². The van der Waals surface area contributed by atoms with Crippen molar-refractivity contribution in [3.8, 4) is 22.3 Å². The molecule has 216 valence electrons. The van der Waals surface area contributed by atoms with Crippen molar-refractivity contribution in [3.05, 3.63) is 120 Å². The summed E-state index contributed by atoms with van der Waals surface area (Å²) in [6, 6.07) is 35.5. The van der Waals surface area contributed by atoms with Crippen LogP contribution >= 0.6 is 0 Å². The van der Waals surface area contributed by atoms with Crippen molar-refractivity contribution in [1.82, 2.24) is 0 Å². The van der Waals surface area contributed by atoms with Crippen molar-refractivity contribution in [2.75, 3.05) is 0 Å². The molecule has 0 aliphatic rings. The quantitative estimate of drug-likeness (QED) is 0.226. The molecule has 4 aromatic carbocycles. The smallest absolute Gasteiger partial charge is 0.550 e. The molecule has 7 heteroatoms. The van der Waals surface area contributed by atoms with Gasteiger partial charge in [0.15, 0.2) is 0 Å². The first-order chi connectivity index (χ1) is 20.1. The molecule has 0 saturated carbocycles. The number of hydrogen-bond acceptors (Lipinski definition) is 6.